The number of hydrogen-bond acceptors (Lipinski definition) is 6. The van der Waals surface area contributed by atoms with Crippen LogP contribution in [0.3, 0.4) is 0 Å². The van der Waals surface area contributed by atoms with Gasteiger partial charge in [0.15, 0.2) is 0 Å². The van der Waals surface area contributed by atoms with E-state index in [1.165, 1.54) is 37.3 Å². The molecule has 0 bridgehead atoms. The number of benzene rings is 1. The van der Waals surface area contributed by atoms with E-state index >= 15 is 0 Å². The smallest absolute Gasteiger partial charge is 0.273 e. The summed E-state index contributed by atoms with van der Waals surface area (Å²) in [6, 6.07) is 10.7. The summed E-state index contributed by atoms with van der Waals surface area (Å²) in [5, 5.41) is 11.5. The Labute approximate surface area is 149 Å². The Balaban J connectivity index is 2.08. The number of rotatable bonds is 6. The van der Waals surface area contributed by atoms with Crippen LogP contribution in [0, 0.1) is 11.3 Å². The molecule has 130 valence electrons. The van der Waals surface area contributed by atoms with Gasteiger partial charge in [0.1, 0.15) is 4.21 Å². The summed E-state index contributed by atoms with van der Waals surface area (Å²) < 4.78 is 26.6. The molecule has 0 aliphatic heterocycles. The number of nitriles is 1. The molecule has 0 unspecified atom stereocenters. The molecular weight excluding hydrogens is 362 g/mol. The quantitative estimate of drug-likeness (QED) is 0.790. The minimum absolute atomic E-state index is 0.00936. The van der Waals surface area contributed by atoms with Crippen LogP contribution in [0.1, 0.15) is 27.7 Å². The average Bonchev–Trinajstić information content (AvgIpc) is 3.04. The Morgan fingerprint density at radius 3 is 2.68 bits per heavy atom. The zero-order valence-electron chi connectivity index (χ0n) is 13.3. The number of carbonyl (C=O) groups excluding carboxylic acids is 2. The molecule has 1 aromatic heterocycles. The highest BCUT2D eigenvalue weighted by Crippen LogP contribution is 2.22. The lowest BCUT2D eigenvalue weighted by atomic mass is 10.1. The van der Waals surface area contributed by atoms with Gasteiger partial charge in [0.25, 0.3) is 15.9 Å². The van der Waals surface area contributed by atoms with E-state index in [2.05, 4.69) is 5.32 Å². The van der Waals surface area contributed by atoms with E-state index in [4.69, 9.17) is 5.26 Å². The highest BCUT2D eigenvalue weighted by Gasteiger charge is 2.21. The monoisotopic (exact) mass is 377 g/mol. The molecule has 2 rings (SSSR count). The molecule has 0 atom stereocenters. The molecule has 2 N–H and O–H groups in total. The minimum atomic E-state index is -4.00. The first kappa shape index (κ1) is 18.6. The molecule has 9 heteroatoms. The lowest BCUT2D eigenvalue weighted by Gasteiger charge is -2.05. The van der Waals surface area contributed by atoms with Crippen molar-refractivity contribution in [2.24, 2.45) is 0 Å². The van der Waals surface area contributed by atoms with E-state index in [-0.39, 0.29) is 21.2 Å². The molecule has 2 amide bonds. The third-order valence-corrected chi connectivity index (χ3v) is 6.10. The summed E-state index contributed by atoms with van der Waals surface area (Å²) in [6.45, 7) is 1.81. The van der Waals surface area contributed by atoms with Crippen molar-refractivity contribution in [1.82, 2.24) is 10.0 Å². The van der Waals surface area contributed by atoms with Crippen LogP contribution in [0.4, 0.5) is 0 Å². The van der Waals surface area contributed by atoms with E-state index in [1.54, 1.807) is 6.07 Å². The molecule has 7 nitrogen and oxygen atoms in total. The van der Waals surface area contributed by atoms with Crippen molar-refractivity contribution in [3.8, 4) is 6.07 Å². The van der Waals surface area contributed by atoms with Crippen LogP contribution < -0.4 is 10.0 Å². The van der Waals surface area contributed by atoms with Crippen molar-refractivity contribution in [1.29, 1.82) is 5.26 Å². The molecule has 0 aliphatic carbocycles. The number of sulfonamides is 1. The molecule has 2 aromatic rings. The van der Waals surface area contributed by atoms with Gasteiger partial charge in [0.05, 0.1) is 11.6 Å². The van der Waals surface area contributed by atoms with Gasteiger partial charge >= 0.3 is 0 Å². The van der Waals surface area contributed by atoms with Crippen LogP contribution in [-0.4, -0.2) is 26.8 Å². The Morgan fingerprint density at radius 1 is 1.24 bits per heavy atom. The topological polar surface area (TPSA) is 116 Å². The third kappa shape index (κ3) is 5.14. The van der Waals surface area contributed by atoms with Crippen molar-refractivity contribution < 1.29 is 18.0 Å². The summed E-state index contributed by atoms with van der Waals surface area (Å²) >= 11 is 1.03. The second kappa shape index (κ2) is 7.92. The zero-order chi connectivity index (χ0) is 18.4. The molecule has 0 saturated carbocycles. The number of amides is 2. The molecule has 0 aliphatic rings. The van der Waals surface area contributed by atoms with E-state index < -0.39 is 15.9 Å². The largest absolute Gasteiger partial charge is 0.356 e. The summed E-state index contributed by atoms with van der Waals surface area (Å²) in [5.74, 6) is -0.957. The number of carbonyl (C=O) groups is 2. The number of nitrogens with one attached hydrogen (secondary N) is 2. The molecule has 0 spiro atoms. The fourth-order valence-electron chi connectivity index (χ4n) is 1.96. The Bertz CT molecular complexity index is 942. The molecule has 0 radical (unpaired) electrons. The van der Waals surface area contributed by atoms with Gasteiger partial charge in [-0.05, 0) is 36.8 Å². The SMILES string of the molecule is CC(=O)NCCc1ccc(S(=O)(=O)NC(=O)c2cccc(C#N)c2)s1. The fraction of sp³-hybridized carbons (Fsp3) is 0.188. The van der Waals surface area contributed by atoms with Gasteiger partial charge < -0.3 is 5.32 Å². The average molecular weight is 377 g/mol. The van der Waals surface area contributed by atoms with Crippen molar-refractivity contribution in [3.63, 3.8) is 0 Å². The molecule has 1 heterocycles. The molecule has 1 aromatic carbocycles. The molecule has 0 saturated heterocycles. The third-order valence-electron chi connectivity index (χ3n) is 3.13. The van der Waals surface area contributed by atoms with Crippen molar-refractivity contribution >= 4 is 33.2 Å². The zero-order valence-corrected chi connectivity index (χ0v) is 14.9. The van der Waals surface area contributed by atoms with Crippen LogP contribution >= 0.6 is 11.3 Å². The van der Waals surface area contributed by atoms with E-state index in [0.717, 1.165) is 16.2 Å². The minimum Gasteiger partial charge on any atom is -0.356 e. The summed E-state index contributed by atoms with van der Waals surface area (Å²) in [4.78, 5) is 23.7. The van der Waals surface area contributed by atoms with Crippen LogP contribution in [-0.2, 0) is 21.2 Å². The second-order valence-corrected chi connectivity index (χ2v) is 8.16. The van der Waals surface area contributed by atoms with Crippen molar-refractivity contribution in [2.75, 3.05) is 6.54 Å². The van der Waals surface area contributed by atoms with Gasteiger partial charge in [0, 0.05) is 23.9 Å². The van der Waals surface area contributed by atoms with Gasteiger partial charge in [-0.1, -0.05) is 6.07 Å². The lowest BCUT2D eigenvalue weighted by Crippen LogP contribution is -2.30. The second-order valence-electron chi connectivity index (χ2n) is 5.08. The van der Waals surface area contributed by atoms with Gasteiger partial charge in [-0.15, -0.1) is 11.3 Å². The number of thiophene rings is 1. The first-order chi connectivity index (χ1) is 11.8. The standard InChI is InChI=1S/C16H15N3O4S2/c1-11(20)18-8-7-14-5-6-15(24-14)25(22,23)19-16(21)13-4-2-3-12(9-13)10-17/h2-6,9H,7-8H2,1H3,(H,18,20)(H,19,21). The van der Waals surface area contributed by atoms with Gasteiger partial charge in [0.2, 0.25) is 5.91 Å². The van der Waals surface area contributed by atoms with Crippen molar-refractivity contribution in [3.05, 3.63) is 52.4 Å². The van der Waals surface area contributed by atoms with Crippen LogP contribution in [0.15, 0.2) is 40.6 Å². The van der Waals surface area contributed by atoms with Gasteiger partial charge in [-0.25, -0.2) is 13.1 Å². The van der Waals surface area contributed by atoms with Gasteiger partial charge in [-0.2, -0.15) is 5.26 Å². The Kier molecular flexibility index (Phi) is 5.90. The van der Waals surface area contributed by atoms with Crippen molar-refractivity contribution in [2.45, 2.75) is 17.6 Å². The Hall–Kier alpha value is -2.70. The number of hydrogen-bond donors (Lipinski definition) is 2. The van der Waals surface area contributed by atoms with Crippen LogP contribution in [0.5, 0.6) is 0 Å². The predicted octanol–water partition coefficient (Wildman–Crippen LogP) is 1.42. The van der Waals surface area contributed by atoms with Crippen LogP contribution in [0.2, 0.25) is 0 Å². The van der Waals surface area contributed by atoms with E-state index in [1.807, 2.05) is 10.8 Å². The first-order valence-corrected chi connectivity index (χ1v) is 9.52. The summed E-state index contributed by atoms with van der Waals surface area (Å²) in [5.41, 5.74) is 0.353. The van der Waals surface area contributed by atoms with E-state index in [9.17, 15) is 18.0 Å². The molecule has 25 heavy (non-hydrogen) atoms. The maximum atomic E-state index is 12.3. The highest BCUT2D eigenvalue weighted by molar-refractivity contribution is 7.92. The highest BCUT2D eigenvalue weighted by atomic mass is 32.2. The van der Waals surface area contributed by atoms with Crippen LogP contribution in [0.25, 0.3) is 0 Å². The van der Waals surface area contributed by atoms with Gasteiger partial charge in [-0.3, -0.25) is 9.59 Å². The molecular formula is C16H15N3O4S2. The first-order valence-electron chi connectivity index (χ1n) is 7.22. The maximum absolute atomic E-state index is 12.3. The summed E-state index contributed by atoms with van der Waals surface area (Å²) in [7, 11) is -4.00. The lowest BCUT2D eigenvalue weighted by molar-refractivity contribution is -0.118. The maximum Gasteiger partial charge on any atom is 0.273 e. The normalized spacial score (nSPS) is 10.7. The molecule has 0 fully saturated rings. The van der Waals surface area contributed by atoms with E-state index in [0.29, 0.717) is 13.0 Å². The summed E-state index contributed by atoms with van der Waals surface area (Å²) in [6.07, 6.45) is 0.498. The number of nitrogens with zero attached hydrogens (tertiary/aromatic N) is 1. The predicted molar refractivity (Wildman–Crippen MR) is 92.5 cm³/mol. The fourth-order valence-corrected chi connectivity index (χ4v) is 4.29. The Morgan fingerprint density at radius 2 is 2.00 bits per heavy atom.